The Bertz CT molecular complexity index is 918. The molecule has 1 aliphatic rings. The maximum absolute atomic E-state index is 12.5. The van der Waals surface area contributed by atoms with E-state index in [-0.39, 0.29) is 12.7 Å². The van der Waals surface area contributed by atoms with Gasteiger partial charge in [0.25, 0.3) is 0 Å². The van der Waals surface area contributed by atoms with E-state index in [9.17, 15) is 4.79 Å². The van der Waals surface area contributed by atoms with Crippen molar-refractivity contribution in [3.05, 3.63) is 46.3 Å². The molecule has 2 N–H and O–H groups in total. The molecule has 0 fully saturated rings. The van der Waals surface area contributed by atoms with E-state index >= 15 is 0 Å². The Morgan fingerprint density at radius 1 is 1.31 bits per heavy atom. The van der Waals surface area contributed by atoms with Gasteiger partial charge < -0.3 is 14.8 Å². The van der Waals surface area contributed by atoms with Crippen molar-refractivity contribution < 1.29 is 14.3 Å². The Hall–Kier alpha value is -2.80. The number of benzene rings is 1. The molecule has 0 radical (unpaired) electrons. The van der Waals surface area contributed by atoms with Crippen LogP contribution in [0.3, 0.4) is 0 Å². The first kappa shape index (κ1) is 16.7. The fourth-order valence-corrected chi connectivity index (χ4v) is 3.65. The lowest BCUT2D eigenvalue weighted by molar-refractivity contribution is -0.115. The van der Waals surface area contributed by atoms with Crippen LogP contribution in [0.5, 0.6) is 11.5 Å². The Morgan fingerprint density at radius 2 is 2.19 bits per heavy atom. The van der Waals surface area contributed by atoms with E-state index in [1.165, 1.54) is 0 Å². The molecular formula is C19H19N3O3S. The lowest BCUT2D eigenvalue weighted by atomic mass is 10.1. The molecule has 26 heavy (non-hydrogen) atoms. The molecule has 3 heterocycles. The quantitative estimate of drug-likeness (QED) is 0.688. The average Bonchev–Trinajstić information content (AvgIpc) is 3.36. The Morgan fingerprint density at radius 3 is 3.00 bits per heavy atom. The van der Waals surface area contributed by atoms with Crippen molar-refractivity contribution in [1.82, 2.24) is 10.2 Å². The Kier molecular flexibility index (Phi) is 4.62. The van der Waals surface area contributed by atoms with Gasteiger partial charge in [0.2, 0.25) is 12.7 Å². The smallest absolute Gasteiger partial charge is 0.231 e. The van der Waals surface area contributed by atoms with Crippen molar-refractivity contribution >= 4 is 22.9 Å². The molecule has 6 nitrogen and oxygen atoms in total. The predicted molar refractivity (Wildman–Crippen MR) is 101 cm³/mol. The van der Waals surface area contributed by atoms with Crippen molar-refractivity contribution in [2.24, 2.45) is 0 Å². The van der Waals surface area contributed by atoms with E-state index in [1.807, 2.05) is 35.7 Å². The zero-order chi connectivity index (χ0) is 17.9. The second-order valence-electron chi connectivity index (χ2n) is 6.05. The topological polar surface area (TPSA) is 76.2 Å². The first-order chi connectivity index (χ1) is 12.7. The van der Waals surface area contributed by atoms with Crippen LogP contribution in [0.1, 0.15) is 23.9 Å². The summed E-state index contributed by atoms with van der Waals surface area (Å²) in [6.45, 7) is 2.32. The van der Waals surface area contributed by atoms with Crippen molar-refractivity contribution in [3.63, 3.8) is 0 Å². The number of nitrogens with one attached hydrogen (secondary N) is 2. The van der Waals surface area contributed by atoms with Crippen LogP contribution in [0.25, 0.3) is 11.3 Å². The first-order valence-corrected chi connectivity index (χ1v) is 9.42. The van der Waals surface area contributed by atoms with Gasteiger partial charge in [-0.25, -0.2) is 0 Å². The van der Waals surface area contributed by atoms with Crippen LogP contribution >= 0.6 is 11.3 Å². The highest BCUT2D eigenvalue weighted by molar-refractivity contribution is 7.10. The molecule has 0 saturated heterocycles. The van der Waals surface area contributed by atoms with E-state index in [0.717, 1.165) is 40.4 Å². The third kappa shape index (κ3) is 3.30. The lowest BCUT2D eigenvalue weighted by Crippen LogP contribution is -2.15. The summed E-state index contributed by atoms with van der Waals surface area (Å²) in [5.41, 5.74) is 3.26. The van der Waals surface area contributed by atoms with Gasteiger partial charge in [0, 0.05) is 10.4 Å². The summed E-state index contributed by atoms with van der Waals surface area (Å²) in [6, 6.07) is 9.59. The maximum Gasteiger partial charge on any atom is 0.231 e. The summed E-state index contributed by atoms with van der Waals surface area (Å²) in [5, 5.41) is 12.5. The minimum atomic E-state index is -0.0480. The SMILES string of the molecule is CCCc1[nH]nc(-c2ccc3c(c2)OCO3)c1NC(=O)Cc1cccs1. The highest BCUT2D eigenvalue weighted by Gasteiger charge is 2.20. The molecule has 0 atom stereocenters. The number of rotatable bonds is 6. The number of amides is 1. The summed E-state index contributed by atoms with van der Waals surface area (Å²) in [4.78, 5) is 13.5. The molecule has 0 aliphatic carbocycles. The number of anilines is 1. The third-order valence-electron chi connectivity index (χ3n) is 4.17. The number of carbonyl (C=O) groups is 1. The number of aromatic amines is 1. The van der Waals surface area contributed by atoms with Gasteiger partial charge in [0.05, 0.1) is 17.8 Å². The molecule has 2 aromatic heterocycles. The number of fused-ring (bicyclic) bond motifs is 1. The first-order valence-electron chi connectivity index (χ1n) is 8.54. The number of hydrogen-bond donors (Lipinski definition) is 2. The van der Waals surface area contributed by atoms with Crippen LogP contribution in [0.4, 0.5) is 5.69 Å². The van der Waals surface area contributed by atoms with E-state index in [1.54, 1.807) is 11.3 Å². The van der Waals surface area contributed by atoms with Gasteiger partial charge in [0.1, 0.15) is 5.69 Å². The Labute approximate surface area is 155 Å². The second kappa shape index (κ2) is 7.21. The molecule has 3 aromatic rings. The van der Waals surface area contributed by atoms with Crippen LogP contribution in [-0.4, -0.2) is 22.9 Å². The van der Waals surface area contributed by atoms with Crippen LogP contribution < -0.4 is 14.8 Å². The molecule has 1 aliphatic heterocycles. The molecule has 134 valence electrons. The number of carbonyl (C=O) groups excluding carboxylic acids is 1. The normalized spacial score (nSPS) is 12.3. The summed E-state index contributed by atoms with van der Waals surface area (Å²) >= 11 is 1.58. The number of thiophene rings is 1. The van der Waals surface area contributed by atoms with Crippen molar-refractivity contribution in [1.29, 1.82) is 0 Å². The standard InChI is InChI=1S/C19H19N3O3S/c1-2-4-14-19(20-17(23)10-13-5-3-8-26-13)18(22-21-14)12-6-7-15-16(9-12)25-11-24-15/h3,5-9H,2,4,10-11H2,1H3,(H,20,23)(H,21,22). The number of hydrogen-bond acceptors (Lipinski definition) is 5. The molecule has 1 amide bonds. The molecule has 0 saturated carbocycles. The van der Waals surface area contributed by atoms with Crippen LogP contribution in [0.15, 0.2) is 35.7 Å². The zero-order valence-electron chi connectivity index (χ0n) is 14.4. The number of H-pyrrole nitrogens is 1. The second-order valence-corrected chi connectivity index (χ2v) is 7.08. The van der Waals surface area contributed by atoms with Gasteiger partial charge in [-0.15, -0.1) is 11.3 Å². The van der Waals surface area contributed by atoms with Gasteiger partial charge in [-0.3, -0.25) is 9.89 Å². The zero-order valence-corrected chi connectivity index (χ0v) is 15.2. The van der Waals surface area contributed by atoms with Crippen LogP contribution in [0.2, 0.25) is 0 Å². The summed E-state index contributed by atoms with van der Waals surface area (Å²) in [6.07, 6.45) is 2.12. The van der Waals surface area contributed by atoms with Gasteiger partial charge in [0.15, 0.2) is 11.5 Å². The van der Waals surface area contributed by atoms with Crippen LogP contribution in [0, 0.1) is 0 Å². The highest BCUT2D eigenvalue weighted by atomic mass is 32.1. The number of aromatic nitrogens is 2. The molecule has 0 spiro atoms. The summed E-state index contributed by atoms with van der Waals surface area (Å²) < 4.78 is 10.8. The fraction of sp³-hybridized carbons (Fsp3) is 0.263. The van der Waals surface area contributed by atoms with E-state index < -0.39 is 0 Å². The van der Waals surface area contributed by atoms with Gasteiger partial charge in [-0.1, -0.05) is 19.4 Å². The monoisotopic (exact) mass is 369 g/mol. The Balaban J connectivity index is 1.63. The van der Waals surface area contributed by atoms with E-state index in [0.29, 0.717) is 17.9 Å². The van der Waals surface area contributed by atoms with Gasteiger partial charge >= 0.3 is 0 Å². The van der Waals surface area contributed by atoms with Gasteiger partial charge in [-0.2, -0.15) is 5.10 Å². The molecule has 0 bridgehead atoms. The summed E-state index contributed by atoms with van der Waals surface area (Å²) in [5.74, 6) is 1.37. The van der Waals surface area contributed by atoms with Crippen molar-refractivity contribution in [3.8, 4) is 22.8 Å². The van der Waals surface area contributed by atoms with E-state index in [2.05, 4.69) is 22.4 Å². The average molecular weight is 369 g/mol. The molecule has 0 unspecified atom stereocenters. The minimum Gasteiger partial charge on any atom is -0.454 e. The lowest BCUT2D eigenvalue weighted by Gasteiger charge is -2.08. The van der Waals surface area contributed by atoms with Gasteiger partial charge in [-0.05, 0) is 36.1 Å². The molecule has 1 aromatic carbocycles. The molecule has 7 heteroatoms. The van der Waals surface area contributed by atoms with Crippen molar-refractivity contribution in [2.45, 2.75) is 26.2 Å². The largest absolute Gasteiger partial charge is 0.454 e. The van der Waals surface area contributed by atoms with E-state index in [4.69, 9.17) is 9.47 Å². The molecular weight excluding hydrogens is 350 g/mol. The third-order valence-corrected chi connectivity index (χ3v) is 5.04. The van der Waals surface area contributed by atoms with Crippen molar-refractivity contribution in [2.75, 3.05) is 12.1 Å². The summed E-state index contributed by atoms with van der Waals surface area (Å²) in [7, 11) is 0. The minimum absolute atomic E-state index is 0.0480. The predicted octanol–water partition coefficient (Wildman–Crippen LogP) is 4.00. The number of aryl methyl sites for hydroxylation is 1. The maximum atomic E-state index is 12.5. The molecule has 4 rings (SSSR count). The number of ether oxygens (including phenoxy) is 2. The van der Waals surface area contributed by atoms with Crippen LogP contribution in [-0.2, 0) is 17.6 Å². The number of nitrogens with zero attached hydrogens (tertiary/aromatic N) is 1. The fourth-order valence-electron chi connectivity index (χ4n) is 2.95. The highest BCUT2D eigenvalue weighted by Crippen LogP contribution is 2.38.